The third-order valence-corrected chi connectivity index (χ3v) is 11.0. The number of likely N-dealkylation sites (tertiary alicyclic amines) is 1. The molecule has 290 valence electrons. The van der Waals surface area contributed by atoms with Crippen molar-refractivity contribution < 1.29 is 14.6 Å². The molecule has 12 nitrogen and oxygen atoms in total. The number of H-pyrrole nitrogens is 2. The summed E-state index contributed by atoms with van der Waals surface area (Å²) in [5, 5.41) is 40.3. The molecule has 0 unspecified atom stereocenters. The van der Waals surface area contributed by atoms with E-state index in [1.807, 2.05) is 25.1 Å². The molecule has 2 aromatic carbocycles. The van der Waals surface area contributed by atoms with Gasteiger partial charge in [0.25, 0.3) is 0 Å². The number of piperazine rings is 1. The number of nitrogens with zero attached hydrogens (tertiary/aromatic N) is 6. The predicted octanol–water partition coefficient (Wildman–Crippen LogP) is 6.69. The van der Waals surface area contributed by atoms with Crippen molar-refractivity contribution >= 4 is 22.1 Å². The van der Waals surface area contributed by atoms with Crippen LogP contribution in [0.25, 0.3) is 44.6 Å². The Balaban J connectivity index is 0.000000169. The van der Waals surface area contributed by atoms with Crippen LogP contribution >= 0.6 is 0 Å². The maximum absolute atomic E-state index is 14.4. The first-order valence-electron chi connectivity index (χ1n) is 19.2. The third kappa shape index (κ3) is 8.35. The molecular weight excluding hydrogens is 696 g/mol. The van der Waals surface area contributed by atoms with Crippen molar-refractivity contribution in [1.29, 1.82) is 0 Å². The zero-order valence-corrected chi connectivity index (χ0v) is 32.7. The van der Waals surface area contributed by atoms with Crippen LogP contribution in [0, 0.1) is 19.7 Å². The molecule has 13 heteroatoms. The Morgan fingerprint density at radius 1 is 0.873 bits per heavy atom. The predicted molar refractivity (Wildman–Crippen MR) is 215 cm³/mol. The third-order valence-electron chi connectivity index (χ3n) is 11.0. The Morgan fingerprint density at radius 2 is 1.51 bits per heavy atom. The fourth-order valence-electron chi connectivity index (χ4n) is 8.23. The van der Waals surface area contributed by atoms with Crippen molar-refractivity contribution in [3.63, 3.8) is 0 Å². The highest BCUT2D eigenvalue weighted by Crippen LogP contribution is 2.35. The lowest BCUT2D eigenvalue weighted by Gasteiger charge is -2.44. The number of hydrogen-bond donors (Lipinski definition) is 6. The second kappa shape index (κ2) is 15.3. The molecule has 0 spiro atoms. The molecule has 2 fully saturated rings. The minimum atomic E-state index is -0.507. The highest BCUT2D eigenvalue weighted by atomic mass is 19.1. The number of phenolic OH excluding ortho intramolecular Hbond substituents is 2. The van der Waals surface area contributed by atoms with Crippen LogP contribution in [0.1, 0.15) is 69.5 Å². The fraction of sp³-hybridized carbons (Fsp3) is 0.429. The van der Waals surface area contributed by atoms with Gasteiger partial charge in [0.15, 0.2) is 11.3 Å². The minimum absolute atomic E-state index is 0.100. The molecule has 6 heterocycles. The molecular formula is C42H53FN10O2. The van der Waals surface area contributed by atoms with E-state index in [-0.39, 0.29) is 28.1 Å². The van der Waals surface area contributed by atoms with E-state index in [9.17, 15) is 14.6 Å². The number of rotatable bonds is 7. The number of aryl methyl sites for hydroxylation is 2. The number of aromatic hydroxyl groups is 2. The number of nitrogens with one attached hydrogen (secondary N) is 3. The summed E-state index contributed by atoms with van der Waals surface area (Å²) in [6.45, 7) is 18.2. The number of piperidine rings is 1. The van der Waals surface area contributed by atoms with Crippen LogP contribution in [-0.4, -0.2) is 93.7 Å². The average molecular weight is 749 g/mol. The smallest absolute Gasteiger partial charge is 0.182 e. The quantitative estimate of drug-likeness (QED) is 0.104. The van der Waals surface area contributed by atoms with Crippen molar-refractivity contribution in [3.05, 3.63) is 82.9 Å². The Bertz CT molecular complexity index is 2280. The summed E-state index contributed by atoms with van der Waals surface area (Å²) in [5.41, 5.74) is 14.1. The van der Waals surface area contributed by atoms with E-state index in [4.69, 9.17) is 10.7 Å². The normalized spacial score (nSPS) is 20.5. The van der Waals surface area contributed by atoms with Crippen LogP contribution in [0.15, 0.2) is 54.6 Å². The number of halogens is 1. The van der Waals surface area contributed by atoms with Crippen molar-refractivity contribution in [1.82, 2.24) is 45.5 Å². The molecule has 4 aromatic heterocycles. The summed E-state index contributed by atoms with van der Waals surface area (Å²) >= 11 is 0. The first-order chi connectivity index (χ1) is 26.2. The molecule has 2 atom stereocenters. The Hall–Kier alpha value is -4.95. The van der Waals surface area contributed by atoms with Gasteiger partial charge in [-0.25, -0.2) is 14.4 Å². The molecule has 0 aliphatic carbocycles. The summed E-state index contributed by atoms with van der Waals surface area (Å²) in [4.78, 5) is 14.1. The van der Waals surface area contributed by atoms with E-state index in [1.165, 1.54) is 23.8 Å². The lowest BCUT2D eigenvalue weighted by atomic mass is 9.92. The van der Waals surface area contributed by atoms with Gasteiger partial charge >= 0.3 is 0 Å². The topological polar surface area (TPSA) is 168 Å². The van der Waals surface area contributed by atoms with E-state index in [0.717, 1.165) is 96.6 Å². The molecule has 0 amide bonds. The Kier molecular flexibility index (Phi) is 10.7. The van der Waals surface area contributed by atoms with Gasteiger partial charge in [-0.2, -0.15) is 10.2 Å². The van der Waals surface area contributed by atoms with Gasteiger partial charge in [0.1, 0.15) is 17.3 Å². The molecule has 0 bridgehead atoms. The molecule has 2 aliphatic heterocycles. The molecule has 0 saturated carbocycles. The first kappa shape index (κ1) is 38.3. The summed E-state index contributed by atoms with van der Waals surface area (Å²) < 4.78 is 14.4. The van der Waals surface area contributed by atoms with Crippen LogP contribution in [0.4, 0.5) is 4.39 Å². The average Bonchev–Trinajstić information content (AvgIpc) is 3.70. The number of hydrogen-bond acceptors (Lipinski definition) is 10. The minimum Gasteiger partial charge on any atom is -0.508 e. The number of benzene rings is 2. The first-order valence-corrected chi connectivity index (χ1v) is 19.2. The Morgan fingerprint density at radius 3 is 2.15 bits per heavy atom. The van der Waals surface area contributed by atoms with Gasteiger partial charge in [0.05, 0.1) is 17.0 Å². The second-order valence-electron chi connectivity index (χ2n) is 16.3. The molecule has 8 rings (SSSR count). The Labute approximate surface area is 321 Å². The number of pyridine rings is 2. The van der Waals surface area contributed by atoms with E-state index < -0.39 is 5.82 Å². The van der Waals surface area contributed by atoms with Crippen LogP contribution in [0.3, 0.4) is 0 Å². The van der Waals surface area contributed by atoms with Gasteiger partial charge in [-0.1, -0.05) is 13.0 Å². The van der Waals surface area contributed by atoms with Gasteiger partial charge in [-0.05, 0) is 120 Å². The largest absolute Gasteiger partial charge is 0.508 e. The van der Waals surface area contributed by atoms with Crippen molar-refractivity contribution in [2.24, 2.45) is 5.73 Å². The van der Waals surface area contributed by atoms with Gasteiger partial charge in [-0.3, -0.25) is 20.0 Å². The standard InChI is InChI=1S/C22H29N5O.C20H24FN5O/c1-5-17-11-23-22(3,4)13-27(17)12-16-10-19(15-6-8-18(28)9-7-15)24-21-20(16)14(2)25-26-21;1-12-17-13(10-26-8-4-7-20(2,22)11-26)9-15(23-19(17)25-24-12)18-14(21)5-3-6-16(18)27/h6-10,17,23,28H,5,11-13H2,1-4H3,(H,24,25,26);3,5-6,9,27H,4,7-8,10-11,22H2,1-2H3,(H,23,24,25)/t17-;20-/m10/s1. The van der Waals surface area contributed by atoms with Crippen molar-refractivity contribution in [2.75, 3.05) is 26.2 Å². The summed E-state index contributed by atoms with van der Waals surface area (Å²) in [6, 6.07) is 16.0. The molecule has 0 radical (unpaired) electrons. The molecule has 2 saturated heterocycles. The number of phenols is 2. The van der Waals surface area contributed by atoms with Crippen molar-refractivity contribution in [2.45, 2.75) is 91.0 Å². The second-order valence-corrected chi connectivity index (χ2v) is 16.3. The van der Waals surface area contributed by atoms with E-state index in [0.29, 0.717) is 23.9 Å². The van der Waals surface area contributed by atoms with Gasteiger partial charge in [0, 0.05) is 77.6 Å². The lowest BCUT2D eigenvalue weighted by Crippen LogP contribution is -2.61. The number of aromatic amines is 2. The van der Waals surface area contributed by atoms with E-state index in [2.05, 4.69) is 81.2 Å². The summed E-state index contributed by atoms with van der Waals surface area (Å²) in [7, 11) is 0. The highest BCUT2D eigenvalue weighted by molar-refractivity contribution is 5.86. The molecule has 2 aliphatic rings. The highest BCUT2D eigenvalue weighted by Gasteiger charge is 2.32. The van der Waals surface area contributed by atoms with Crippen LogP contribution < -0.4 is 11.1 Å². The van der Waals surface area contributed by atoms with Crippen molar-refractivity contribution in [3.8, 4) is 34.0 Å². The van der Waals surface area contributed by atoms with Gasteiger partial charge < -0.3 is 21.3 Å². The van der Waals surface area contributed by atoms with E-state index in [1.54, 1.807) is 12.1 Å². The van der Waals surface area contributed by atoms with Crippen LogP contribution in [0.5, 0.6) is 11.5 Å². The molecule has 7 N–H and O–H groups in total. The maximum Gasteiger partial charge on any atom is 0.182 e. The lowest BCUT2D eigenvalue weighted by molar-refractivity contribution is 0.0862. The number of nitrogens with two attached hydrogens (primary N) is 1. The number of aromatic nitrogens is 6. The number of fused-ring (bicyclic) bond motifs is 2. The van der Waals surface area contributed by atoms with Crippen LogP contribution in [0.2, 0.25) is 0 Å². The summed E-state index contributed by atoms with van der Waals surface area (Å²) in [5.74, 6) is -0.380. The maximum atomic E-state index is 14.4. The molecule has 55 heavy (non-hydrogen) atoms. The SMILES string of the molecule is CC[C@@H]1CNC(C)(C)CN1Cc1cc(-c2ccc(O)cc2)nc2n[nH]c(C)c12.Cc1[nH]nc2nc(-c3c(O)cccc3F)cc(CN3CCC[C@](C)(N)C3)c12. The van der Waals surface area contributed by atoms with Gasteiger partial charge in [-0.15, -0.1) is 0 Å². The monoisotopic (exact) mass is 748 g/mol. The molecule has 6 aromatic rings. The van der Waals surface area contributed by atoms with Crippen LogP contribution in [-0.2, 0) is 13.1 Å². The summed E-state index contributed by atoms with van der Waals surface area (Å²) in [6.07, 6.45) is 3.17. The van der Waals surface area contributed by atoms with Gasteiger partial charge in [0.2, 0.25) is 0 Å². The van der Waals surface area contributed by atoms with E-state index >= 15 is 0 Å². The zero-order chi connectivity index (χ0) is 39.1. The zero-order valence-electron chi connectivity index (χ0n) is 32.7. The fourth-order valence-corrected chi connectivity index (χ4v) is 8.23.